The molecule has 0 aromatic carbocycles. The van der Waals surface area contributed by atoms with Crippen LogP contribution in [-0.4, -0.2) is 30.7 Å². The molecule has 0 spiro atoms. The van der Waals surface area contributed by atoms with Gasteiger partial charge in [0.2, 0.25) is 0 Å². The van der Waals surface area contributed by atoms with Crippen molar-refractivity contribution < 1.29 is 9.90 Å². The van der Waals surface area contributed by atoms with Gasteiger partial charge in [0.25, 0.3) is 0 Å². The maximum atomic E-state index is 10.0. The molecule has 1 N–H and O–H groups in total. The molecule has 6 nitrogen and oxygen atoms in total. The zero-order valence-electron chi connectivity index (χ0n) is 4.80. The minimum absolute atomic E-state index is 0.155. The Morgan fingerprint density at radius 3 is 2.90 bits per heavy atom. The van der Waals surface area contributed by atoms with Crippen LogP contribution in [0.15, 0.2) is 0 Å². The van der Waals surface area contributed by atoms with Crippen LogP contribution in [0.2, 0.25) is 0 Å². The molecule has 0 radical (unpaired) electrons. The topological polar surface area (TPSA) is 80.9 Å². The van der Waals surface area contributed by atoms with Crippen LogP contribution in [-0.2, 0) is 11.2 Å². The predicted molar refractivity (Wildman–Crippen MR) is 33.5 cm³/mol. The van der Waals surface area contributed by atoms with Gasteiger partial charge in [-0.05, 0) is 18.0 Å². The van der Waals surface area contributed by atoms with E-state index in [9.17, 15) is 4.79 Å². The third kappa shape index (κ3) is 1.69. The van der Waals surface area contributed by atoms with E-state index in [0.717, 1.165) is 4.20 Å². The van der Waals surface area contributed by atoms with Crippen LogP contribution >= 0.6 is 12.8 Å². The highest BCUT2D eigenvalue weighted by Gasteiger charge is 2.04. The molecule has 0 bridgehead atoms. The first kappa shape index (κ1) is 7.00. The zero-order chi connectivity index (χ0) is 7.56. The van der Waals surface area contributed by atoms with E-state index < -0.39 is 5.97 Å². The second-order valence-electron chi connectivity index (χ2n) is 1.54. The van der Waals surface area contributed by atoms with Crippen molar-refractivity contribution in [3.8, 4) is 0 Å². The number of aromatic nitrogens is 4. The molecular formula is C3H4N4O2S. The summed E-state index contributed by atoms with van der Waals surface area (Å²) in [6.07, 6.45) is -0.222. The number of tetrazole rings is 1. The minimum Gasteiger partial charge on any atom is -0.481 e. The monoisotopic (exact) mass is 160 g/mol. The summed E-state index contributed by atoms with van der Waals surface area (Å²) in [7, 11) is 0. The van der Waals surface area contributed by atoms with E-state index in [4.69, 9.17) is 5.11 Å². The van der Waals surface area contributed by atoms with Crippen molar-refractivity contribution in [1.29, 1.82) is 0 Å². The smallest absolute Gasteiger partial charge is 0.311 e. The molecule has 0 unspecified atom stereocenters. The molecule has 1 rings (SSSR count). The standard InChI is InChI=1S/C3H4N4O2S/c8-3(9)1-2-4-6-7(10)5-2/h10H,1H2,(H,8,9). The Labute approximate surface area is 61.4 Å². The first-order valence-electron chi connectivity index (χ1n) is 2.38. The maximum absolute atomic E-state index is 10.0. The summed E-state index contributed by atoms with van der Waals surface area (Å²) >= 11 is 3.67. The number of hydrogen-bond donors (Lipinski definition) is 2. The van der Waals surface area contributed by atoms with E-state index in [-0.39, 0.29) is 12.2 Å². The van der Waals surface area contributed by atoms with Gasteiger partial charge >= 0.3 is 5.97 Å². The van der Waals surface area contributed by atoms with Crippen molar-refractivity contribution in [2.75, 3.05) is 0 Å². The van der Waals surface area contributed by atoms with Gasteiger partial charge in [0, 0.05) is 0 Å². The summed E-state index contributed by atoms with van der Waals surface area (Å²) in [5.74, 6) is -0.830. The molecule has 0 aliphatic carbocycles. The van der Waals surface area contributed by atoms with Gasteiger partial charge in [-0.2, -0.15) is 0 Å². The van der Waals surface area contributed by atoms with Crippen LogP contribution in [0.1, 0.15) is 5.82 Å². The summed E-state index contributed by atoms with van der Waals surface area (Å²) < 4.78 is 0.915. The number of carbonyl (C=O) groups is 1. The molecule has 1 heterocycles. The van der Waals surface area contributed by atoms with Crippen LogP contribution in [0.5, 0.6) is 0 Å². The third-order valence-electron chi connectivity index (χ3n) is 0.754. The van der Waals surface area contributed by atoms with Crippen molar-refractivity contribution in [1.82, 2.24) is 19.6 Å². The lowest BCUT2D eigenvalue weighted by Crippen LogP contribution is -2.01. The number of rotatable bonds is 2. The average Bonchev–Trinajstić information content (AvgIpc) is 2.13. The fraction of sp³-hybridized carbons (Fsp3) is 0.333. The van der Waals surface area contributed by atoms with Crippen LogP contribution in [0.25, 0.3) is 0 Å². The van der Waals surface area contributed by atoms with E-state index >= 15 is 0 Å². The highest BCUT2D eigenvalue weighted by atomic mass is 32.1. The highest BCUT2D eigenvalue weighted by Crippen LogP contribution is 1.88. The normalized spacial score (nSPS) is 9.70. The fourth-order valence-corrected chi connectivity index (χ4v) is 0.584. The number of carboxylic acid groups (broad SMARTS) is 1. The Morgan fingerprint density at radius 1 is 1.80 bits per heavy atom. The highest BCUT2D eigenvalue weighted by molar-refractivity contribution is 7.78. The Bertz CT molecular complexity index is 246. The number of hydrogen-bond acceptors (Lipinski definition) is 5. The molecule has 0 aliphatic rings. The number of nitrogens with zero attached hydrogens (tertiary/aromatic N) is 4. The zero-order valence-corrected chi connectivity index (χ0v) is 5.69. The number of thiol groups is 1. The first-order valence-corrected chi connectivity index (χ1v) is 2.78. The van der Waals surface area contributed by atoms with Gasteiger partial charge in [0.05, 0.1) is 0 Å². The second-order valence-corrected chi connectivity index (χ2v) is 1.90. The largest absolute Gasteiger partial charge is 0.481 e. The Balaban J connectivity index is 2.67. The lowest BCUT2D eigenvalue weighted by atomic mass is 10.4. The molecule has 0 saturated carbocycles. The van der Waals surface area contributed by atoms with Gasteiger partial charge in [0.15, 0.2) is 5.82 Å². The van der Waals surface area contributed by atoms with E-state index in [1.807, 2.05) is 0 Å². The van der Waals surface area contributed by atoms with Gasteiger partial charge in [-0.25, -0.2) is 0 Å². The van der Waals surface area contributed by atoms with Crippen LogP contribution in [0, 0.1) is 0 Å². The predicted octanol–water partition coefficient (Wildman–Crippen LogP) is -1.01. The van der Waals surface area contributed by atoms with Crippen LogP contribution < -0.4 is 0 Å². The molecule has 0 atom stereocenters. The molecule has 54 valence electrons. The fourth-order valence-electron chi connectivity index (χ4n) is 0.441. The molecule has 1 aromatic rings. The molecule has 0 aliphatic heterocycles. The van der Waals surface area contributed by atoms with Crippen molar-refractivity contribution in [3.63, 3.8) is 0 Å². The van der Waals surface area contributed by atoms with Gasteiger partial charge < -0.3 is 5.11 Å². The number of carboxylic acids is 1. The molecule has 0 saturated heterocycles. The Morgan fingerprint density at radius 2 is 2.50 bits per heavy atom. The summed E-state index contributed by atoms with van der Waals surface area (Å²) in [6.45, 7) is 0. The molecular weight excluding hydrogens is 156 g/mol. The quantitative estimate of drug-likeness (QED) is 0.542. The third-order valence-corrected chi connectivity index (χ3v) is 0.924. The van der Waals surface area contributed by atoms with E-state index in [1.165, 1.54) is 0 Å². The molecule has 10 heavy (non-hydrogen) atoms. The van der Waals surface area contributed by atoms with Gasteiger partial charge in [-0.3, -0.25) is 4.79 Å². The lowest BCUT2D eigenvalue weighted by molar-refractivity contribution is -0.136. The summed E-state index contributed by atoms with van der Waals surface area (Å²) in [5.41, 5.74) is 0. The van der Waals surface area contributed by atoms with Crippen LogP contribution in [0.4, 0.5) is 0 Å². The van der Waals surface area contributed by atoms with Crippen molar-refractivity contribution in [3.05, 3.63) is 5.82 Å². The van der Waals surface area contributed by atoms with Crippen molar-refractivity contribution >= 4 is 18.8 Å². The molecule has 0 fully saturated rings. The van der Waals surface area contributed by atoms with E-state index in [0.29, 0.717) is 0 Å². The van der Waals surface area contributed by atoms with E-state index in [2.05, 4.69) is 28.2 Å². The summed E-state index contributed by atoms with van der Waals surface area (Å²) in [5, 5.41) is 18.5. The number of aliphatic carboxylic acids is 1. The molecule has 7 heteroatoms. The SMILES string of the molecule is O=C(O)Cc1nnn(S)n1. The maximum Gasteiger partial charge on any atom is 0.311 e. The van der Waals surface area contributed by atoms with Gasteiger partial charge in [-0.1, -0.05) is 0 Å². The van der Waals surface area contributed by atoms with E-state index in [1.54, 1.807) is 0 Å². The second kappa shape index (κ2) is 2.65. The first-order chi connectivity index (χ1) is 4.68. The van der Waals surface area contributed by atoms with Crippen LogP contribution in [0.3, 0.4) is 0 Å². The van der Waals surface area contributed by atoms with Gasteiger partial charge in [-0.15, -0.1) is 14.4 Å². The Kier molecular flexibility index (Phi) is 1.86. The minimum atomic E-state index is -0.985. The molecule has 0 amide bonds. The Hall–Kier alpha value is -1.11. The lowest BCUT2D eigenvalue weighted by Gasteiger charge is -1.82. The van der Waals surface area contributed by atoms with Crippen molar-refractivity contribution in [2.24, 2.45) is 0 Å². The molecule has 1 aromatic heterocycles. The summed E-state index contributed by atoms with van der Waals surface area (Å²) in [6, 6.07) is 0. The average molecular weight is 160 g/mol. The van der Waals surface area contributed by atoms with Gasteiger partial charge in [0.1, 0.15) is 6.42 Å². The van der Waals surface area contributed by atoms with Crippen molar-refractivity contribution in [2.45, 2.75) is 6.42 Å². The summed E-state index contributed by atoms with van der Waals surface area (Å²) in [4.78, 5) is 10.0.